The van der Waals surface area contributed by atoms with E-state index in [4.69, 9.17) is 10.5 Å². The van der Waals surface area contributed by atoms with Crippen LogP contribution in [0.4, 0.5) is 5.82 Å². The summed E-state index contributed by atoms with van der Waals surface area (Å²) in [5.41, 5.74) is 8.12. The zero-order valence-electron chi connectivity index (χ0n) is 14.8. The average molecular weight is 351 g/mol. The first-order chi connectivity index (χ1) is 12.5. The van der Waals surface area contributed by atoms with Gasteiger partial charge in [0.1, 0.15) is 5.76 Å². The normalized spacial score (nSPS) is 11.4. The van der Waals surface area contributed by atoms with Crippen molar-refractivity contribution in [2.75, 3.05) is 19.4 Å². The molecule has 0 fully saturated rings. The number of amides is 1. The molecule has 0 bridgehead atoms. The molecule has 2 aromatic rings. The van der Waals surface area contributed by atoms with E-state index in [-0.39, 0.29) is 11.5 Å². The number of nitrogens with one attached hydrogen (secondary N) is 1. The summed E-state index contributed by atoms with van der Waals surface area (Å²) in [5.74, 6) is 0.235. The molecule has 0 spiro atoms. The molecule has 0 aliphatic heterocycles. The van der Waals surface area contributed by atoms with Crippen molar-refractivity contribution in [2.45, 2.75) is 6.92 Å². The van der Waals surface area contributed by atoms with E-state index in [1.165, 1.54) is 6.20 Å². The number of carbonyl (C=O) groups excluding carboxylic acids is 1. The second-order valence-corrected chi connectivity index (χ2v) is 5.39. The van der Waals surface area contributed by atoms with Crippen LogP contribution in [0.1, 0.15) is 17.4 Å². The minimum Gasteiger partial charge on any atom is -0.497 e. The Morgan fingerprint density at radius 2 is 2.19 bits per heavy atom. The summed E-state index contributed by atoms with van der Waals surface area (Å²) in [5, 5.41) is 2.75. The number of carbonyl (C=O) groups is 1. The van der Waals surface area contributed by atoms with Crippen LogP contribution in [-0.2, 0) is 4.74 Å². The van der Waals surface area contributed by atoms with Crippen LogP contribution in [0.5, 0.6) is 0 Å². The summed E-state index contributed by atoms with van der Waals surface area (Å²) in [6.45, 7) is 5.93. The molecule has 0 radical (unpaired) electrons. The van der Waals surface area contributed by atoms with Crippen LogP contribution >= 0.6 is 0 Å². The molecule has 0 unspecified atom stereocenters. The van der Waals surface area contributed by atoms with Crippen molar-refractivity contribution in [2.24, 2.45) is 0 Å². The van der Waals surface area contributed by atoms with E-state index >= 15 is 0 Å². The Kier molecular flexibility index (Phi) is 6.61. The van der Waals surface area contributed by atoms with Crippen LogP contribution < -0.4 is 11.1 Å². The molecule has 0 atom stereocenters. The number of hydrogen-bond donors (Lipinski definition) is 2. The number of ether oxygens (including phenoxy) is 1. The van der Waals surface area contributed by atoms with Crippen LogP contribution in [0.2, 0.25) is 0 Å². The topological polar surface area (TPSA) is 103 Å². The number of rotatable bonds is 7. The Labute approximate surface area is 152 Å². The molecule has 2 rings (SSSR count). The molecule has 0 saturated heterocycles. The highest BCUT2D eigenvalue weighted by Gasteiger charge is 2.14. The Hall–Kier alpha value is -3.48. The van der Waals surface area contributed by atoms with E-state index in [0.717, 1.165) is 11.1 Å². The Balaban J connectivity index is 2.05. The molecule has 134 valence electrons. The Morgan fingerprint density at radius 1 is 1.38 bits per heavy atom. The second-order valence-electron chi connectivity index (χ2n) is 5.39. The van der Waals surface area contributed by atoms with Gasteiger partial charge in [-0.15, -0.1) is 0 Å². The van der Waals surface area contributed by atoms with Gasteiger partial charge in [-0.1, -0.05) is 24.3 Å². The van der Waals surface area contributed by atoms with Crippen molar-refractivity contribution in [3.8, 4) is 11.3 Å². The summed E-state index contributed by atoms with van der Waals surface area (Å²) >= 11 is 0. The predicted octanol–water partition coefficient (Wildman–Crippen LogP) is 2.51. The van der Waals surface area contributed by atoms with Gasteiger partial charge in [-0.05, 0) is 25.1 Å². The molecule has 2 aromatic heterocycles. The fourth-order valence-corrected chi connectivity index (χ4v) is 1.97. The molecule has 0 saturated carbocycles. The molecule has 3 N–H and O–H groups in total. The van der Waals surface area contributed by atoms with Gasteiger partial charge in [0.25, 0.3) is 5.91 Å². The number of nitrogens with zero attached hydrogens (tertiary/aromatic N) is 3. The quantitative estimate of drug-likeness (QED) is 0.587. The Morgan fingerprint density at radius 3 is 2.88 bits per heavy atom. The number of methoxy groups -OCH3 is 1. The summed E-state index contributed by atoms with van der Waals surface area (Å²) in [4.78, 5) is 24.7. The molecule has 1 amide bonds. The molecular weight excluding hydrogens is 330 g/mol. The number of allylic oxidation sites excluding steroid dienone is 3. The van der Waals surface area contributed by atoms with Crippen LogP contribution in [0.15, 0.2) is 66.9 Å². The zero-order chi connectivity index (χ0) is 18.9. The maximum absolute atomic E-state index is 12.4. The van der Waals surface area contributed by atoms with Crippen LogP contribution in [0.25, 0.3) is 11.3 Å². The number of anilines is 1. The first kappa shape index (κ1) is 18.9. The summed E-state index contributed by atoms with van der Waals surface area (Å²) in [6.07, 6.45) is 10.3. The SMILES string of the molecule is C=C(/C=C\C(C)=C/CNC(=O)c1nc(-c2cccnc2)cnc1N)OC. The van der Waals surface area contributed by atoms with E-state index in [1.54, 1.807) is 31.6 Å². The standard InChI is InChI=1S/C19H21N5O2/c1-13(6-7-14(2)26-3)8-10-22-19(25)17-18(20)23-12-16(24-17)15-5-4-9-21-11-15/h4-9,11-12H,2,10H2,1,3H3,(H2,20,23)(H,22,25)/b7-6-,13-8-. The lowest BCUT2D eigenvalue weighted by atomic mass is 10.2. The number of aromatic nitrogens is 3. The molecule has 0 aromatic carbocycles. The highest BCUT2D eigenvalue weighted by Crippen LogP contribution is 2.17. The van der Waals surface area contributed by atoms with Crippen LogP contribution in [0, 0.1) is 0 Å². The van der Waals surface area contributed by atoms with Crippen LogP contribution in [0.3, 0.4) is 0 Å². The zero-order valence-corrected chi connectivity index (χ0v) is 14.8. The summed E-state index contributed by atoms with van der Waals surface area (Å²) < 4.78 is 4.95. The van der Waals surface area contributed by atoms with Crippen molar-refractivity contribution in [3.05, 3.63) is 72.6 Å². The van der Waals surface area contributed by atoms with E-state index in [0.29, 0.717) is 18.0 Å². The van der Waals surface area contributed by atoms with Gasteiger partial charge in [-0.2, -0.15) is 0 Å². The van der Waals surface area contributed by atoms with Crippen molar-refractivity contribution in [1.29, 1.82) is 0 Å². The van der Waals surface area contributed by atoms with Gasteiger partial charge in [0.2, 0.25) is 0 Å². The van der Waals surface area contributed by atoms with Crippen molar-refractivity contribution in [1.82, 2.24) is 20.3 Å². The minimum absolute atomic E-state index is 0.0760. The van der Waals surface area contributed by atoms with Gasteiger partial charge in [0.15, 0.2) is 11.5 Å². The lowest BCUT2D eigenvalue weighted by molar-refractivity contribution is 0.0954. The van der Waals surface area contributed by atoms with Gasteiger partial charge < -0.3 is 15.8 Å². The van der Waals surface area contributed by atoms with Gasteiger partial charge in [0.05, 0.1) is 19.0 Å². The van der Waals surface area contributed by atoms with Crippen LogP contribution in [-0.4, -0.2) is 34.5 Å². The maximum atomic E-state index is 12.4. The second kappa shape index (κ2) is 9.12. The van der Waals surface area contributed by atoms with Crippen molar-refractivity contribution in [3.63, 3.8) is 0 Å². The average Bonchev–Trinajstić information content (AvgIpc) is 2.67. The number of nitrogen functional groups attached to an aromatic ring is 1. The lowest BCUT2D eigenvalue weighted by Gasteiger charge is -2.07. The largest absolute Gasteiger partial charge is 0.497 e. The smallest absolute Gasteiger partial charge is 0.273 e. The molecule has 7 nitrogen and oxygen atoms in total. The van der Waals surface area contributed by atoms with E-state index in [9.17, 15) is 4.79 Å². The number of hydrogen-bond acceptors (Lipinski definition) is 6. The molecule has 2 heterocycles. The van der Waals surface area contributed by atoms with Gasteiger partial charge in [-0.25, -0.2) is 9.97 Å². The monoisotopic (exact) mass is 351 g/mol. The predicted molar refractivity (Wildman–Crippen MR) is 101 cm³/mol. The third-order valence-electron chi connectivity index (χ3n) is 3.45. The molecule has 7 heteroatoms. The van der Waals surface area contributed by atoms with Crippen molar-refractivity contribution < 1.29 is 9.53 Å². The fourth-order valence-electron chi connectivity index (χ4n) is 1.97. The third-order valence-corrected chi connectivity index (χ3v) is 3.45. The third kappa shape index (κ3) is 5.27. The van der Waals surface area contributed by atoms with E-state index in [1.807, 2.05) is 25.1 Å². The van der Waals surface area contributed by atoms with Gasteiger partial charge >= 0.3 is 0 Å². The molecule has 0 aliphatic carbocycles. The van der Waals surface area contributed by atoms with E-state index in [2.05, 4.69) is 26.8 Å². The minimum atomic E-state index is -0.393. The van der Waals surface area contributed by atoms with Gasteiger partial charge in [0, 0.05) is 24.5 Å². The van der Waals surface area contributed by atoms with E-state index < -0.39 is 5.91 Å². The molecule has 26 heavy (non-hydrogen) atoms. The fraction of sp³-hybridized carbons (Fsp3) is 0.158. The highest BCUT2D eigenvalue weighted by molar-refractivity contribution is 5.96. The van der Waals surface area contributed by atoms with Gasteiger partial charge in [-0.3, -0.25) is 9.78 Å². The first-order valence-corrected chi connectivity index (χ1v) is 7.90. The molecule has 0 aliphatic rings. The maximum Gasteiger partial charge on any atom is 0.273 e. The first-order valence-electron chi connectivity index (χ1n) is 7.90. The molecular formula is C19H21N5O2. The number of nitrogens with two attached hydrogens (primary N) is 1. The summed E-state index contributed by atoms with van der Waals surface area (Å²) in [7, 11) is 1.55. The number of pyridine rings is 1. The summed E-state index contributed by atoms with van der Waals surface area (Å²) in [6, 6.07) is 3.62. The lowest BCUT2D eigenvalue weighted by Crippen LogP contribution is -2.26. The highest BCUT2D eigenvalue weighted by atomic mass is 16.5. The Bertz CT molecular complexity index is 844. The van der Waals surface area contributed by atoms with Crippen molar-refractivity contribution >= 4 is 11.7 Å².